The number of benzene rings is 4. The Morgan fingerprint density at radius 2 is 1.23 bits per heavy atom. The lowest BCUT2D eigenvalue weighted by molar-refractivity contribution is 0.0975. The summed E-state index contributed by atoms with van der Waals surface area (Å²) in [7, 11) is 0. The lowest BCUT2D eigenvalue weighted by Crippen LogP contribution is -2.53. The minimum absolute atomic E-state index is 0.0531. The summed E-state index contributed by atoms with van der Waals surface area (Å²) in [4.78, 5) is 0. The molecule has 192 valence electrons. The second-order valence-electron chi connectivity index (χ2n) is 13.3. The molecule has 0 saturated carbocycles. The number of hydrogen-bond donors (Lipinski definition) is 0. The van der Waals surface area contributed by atoms with E-state index in [1.807, 2.05) is 0 Å². The van der Waals surface area contributed by atoms with Crippen LogP contribution >= 0.6 is 0 Å². The molecule has 4 aromatic rings. The van der Waals surface area contributed by atoms with Crippen molar-refractivity contribution >= 4 is 6.08 Å². The molecule has 0 heteroatoms. The first-order chi connectivity index (χ1) is 19.7. The van der Waals surface area contributed by atoms with Crippen molar-refractivity contribution in [2.75, 3.05) is 0 Å². The van der Waals surface area contributed by atoms with Gasteiger partial charge in [0.2, 0.25) is 0 Å². The fourth-order valence-corrected chi connectivity index (χ4v) is 10.8. The lowest BCUT2D eigenvalue weighted by atomic mass is 9.41. The highest BCUT2D eigenvalue weighted by Gasteiger charge is 2.71. The molecule has 1 spiro atoms. The van der Waals surface area contributed by atoms with Gasteiger partial charge in [-0.15, -0.1) is 0 Å². The van der Waals surface area contributed by atoms with Gasteiger partial charge < -0.3 is 0 Å². The molecule has 5 atom stereocenters. The Labute approximate surface area is 236 Å². The monoisotopic (exact) mass is 512 g/mol. The van der Waals surface area contributed by atoms with Gasteiger partial charge in [-0.25, -0.2) is 0 Å². The summed E-state index contributed by atoms with van der Waals surface area (Å²) in [6, 6.07) is 37.5. The van der Waals surface area contributed by atoms with E-state index in [4.69, 9.17) is 0 Å². The van der Waals surface area contributed by atoms with Crippen molar-refractivity contribution in [1.29, 1.82) is 0 Å². The topological polar surface area (TPSA) is 0 Å². The smallest absolute Gasteiger partial charge is 0.0177 e. The van der Waals surface area contributed by atoms with Crippen LogP contribution in [-0.2, 0) is 25.7 Å². The minimum atomic E-state index is 0.0531. The normalized spacial score (nSPS) is 31.4. The molecule has 10 rings (SSSR count). The number of rotatable bonds is 1. The zero-order valence-electron chi connectivity index (χ0n) is 23.0. The van der Waals surface area contributed by atoms with Gasteiger partial charge in [0.25, 0.3) is 0 Å². The summed E-state index contributed by atoms with van der Waals surface area (Å²) >= 11 is 0. The largest absolute Gasteiger partial charge is 0.0719 e. The van der Waals surface area contributed by atoms with E-state index < -0.39 is 0 Å². The molecule has 0 N–H and O–H groups in total. The molecule has 40 heavy (non-hydrogen) atoms. The first-order valence-electron chi connectivity index (χ1n) is 15.1. The van der Waals surface area contributed by atoms with Crippen molar-refractivity contribution in [2.45, 2.75) is 50.4 Å². The van der Waals surface area contributed by atoms with Crippen LogP contribution in [0.5, 0.6) is 0 Å². The minimum Gasteiger partial charge on any atom is -0.0719 e. The van der Waals surface area contributed by atoms with Crippen molar-refractivity contribution in [3.63, 3.8) is 0 Å². The molecule has 6 aliphatic rings. The Morgan fingerprint density at radius 1 is 0.600 bits per heavy atom. The van der Waals surface area contributed by atoms with Crippen LogP contribution in [0.1, 0.15) is 69.2 Å². The van der Waals surface area contributed by atoms with E-state index in [0.29, 0.717) is 17.8 Å². The van der Waals surface area contributed by atoms with Crippen molar-refractivity contribution in [2.24, 2.45) is 10.8 Å². The molecule has 0 saturated heterocycles. The van der Waals surface area contributed by atoms with Crippen LogP contribution < -0.4 is 0 Å². The van der Waals surface area contributed by atoms with Crippen LogP contribution in [-0.4, -0.2) is 0 Å². The Balaban J connectivity index is 1.34. The molecule has 0 amide bonds. The highest BCUT2D eigenvalue weighted by Crippen LogP contribution is 2.80. The zero-order valence-corrected chi connectivity index (χ0v) is 23.0. The summed E-state index contributed by atoms with van der Waals surface area (Å²) in [6.07, 6.45) is 9.85. The van der Waals surface area contributed by atoms with E-state index in [9.17, 15) is 0 Å². The van der Waals surface area contributed by atoms with Crippen LogP contribution in [0.25, 0.3) is 6.08 Å². The second kappa shape index (κ2) is 7.24. The van der Waals surface area contributed by atoms with Crippen molar-refractivity contribution in [1.82, 2.24) is 0 Å². The molecule has 4 aromatic carbocycles. The van der Waals surface area contributed by atoms with Crippen LogP contribution in [0.2, 0.25) is 0 Å². The molecule has 0 aromatic heterocycles. The van der Waals surface area contributed by atoms with Gasteiger partial charge in [-0.3, -0.25) is 0 Å². The first-order valence-corrected chi connectivity index (χ1v) is 15.1. The molecule has 0 aliphatic heterocycles. The molecule has 0 radical (unpaired) electrons. The SMILES string of the molecule is CC1=C2Cc3ccccc3[C@@H]2[C@]23Cc4ccccc4[C@@H]2[C@]12Cc1ccccc1[C@H]2C=C3C1=Cc2ccccc2C1. The van der Waals surface area contributed by atoms with Gasteiger partial charge in [-0.05, 0) is 88.3 Å². The molecular formula is C40H32. The lowest BCUT2D eigenvalue weighted by Gasteiger charge is -2.61. The van der Waals surface area contributed by atoms with Crippen LogP contribution in [0.4, 0.5) is 0 Å². The molecule has 2 bridgehead atoms. The molecular weight excluding hydrogens is 480 g/mol. The van der Waals surface area contributed by atoms with Gasteiger partial charge in [0.05, 0.1) is 0 Å². The molecule has 0 unspecified atom stereocenters. The second-order valence-corrected chi connectivity index (χ2v) is 13.3. The Bertz CT molecular complexity index is 1890. The van der Waals surface area contributed by atoms with Gasteiger partial charge in [-0.1, -0.05) is 120 Å². The van der Waals surface area contributed by atoms with E-state index in [0.717, 1.165) is 25.7 Å². The maximum atomic E-state index is 2.81. The standard InChI is InChI=1S/C40H32/c1-24-34-20-27-12-4-8-16-32(27)37(34)40-23-29-14-6-9-17-33(29)38(40)39(24)22-28-13-5-7-15-31(28)36(39)21-35(40)30-18-25-10-2-3-11-26(25)19-30/h2-18,21,36-38H,19-20,22-23H2,1H3/t36-,37+,38-,39-,40-/m1/s1. The number of hydrogen-bond acceptors (Lipinski definition) is 0. The fourth-order valence-electron chi connectivity index (χ4n) is 10.8. The summed E-state index contributed by atoms with van der Waals surface area (Å²) in [5, 5.41) is 0. The molecule has 0 heterocycles. The van der Waals surface area contributed by atoms with Crippen LogP contribution in [0, 0.1) is 10.8 Å². The summed E-state index contributed by atoms with van der Waals surface area (Å²) < 4.78 is 0. The maximum absolute atomic E-state index is 2.81. The Morgan fingerprint density at radius 3 is 2.02 bits per heavy atom. The van der Waals surface area contributed by atoms with Gasteiger partial charge >= 0.3 is 0 Å². The van der Waals surface area contributed by atoms with E-state index in [1.165, 1.54) is 11.1 Å². The Kier molecular flexibility index (Phi) is 3.96. The third-order valence-electron chi connectivity index (χ3n) is 12.0. The van der Waals surface area contributed by atoms with E-state index in [1.54, 1.807) is 55.7 Å². The van der Waals surface area contributed by atoms with Gasteiger partial charge in [0.1, 0.15) is 0 Å². The Hall–Kier alpha value is -3.90. The fraction of sp³-hybridized carbons (Fsp3) is 0.250. The summed E-state index contributed by atoms with van der Waals surface area (Å²) in [5.41, 5.74) is 19.3. The average molecular weight is 513 g/mol. The molecule has 6 aliphatic carbocycles. The highest BCUT2D eigenvalue weighted by molar-refractivity contribution is 5.75. The van der Waals surface area contributed by atoms with E-state index in [2.05, 4.69) is 116 Å². The quantitative estimate of drug-likeness (QED) is 0.223. The molecule has 0 nitrogen and oxygen atoms in total. The van der Waals surface area contributed by atoms with Gasteiger partial charge in [0, 0.05) is 28.6 Å². The summed E-state index contributed by atoms with van der Waals surface area (Å²) in [6.45, 7) is 2.54. The maximum Gasteiger partial charge on any atom is 0.0177 e. The number of fused-ring (bicyclic) bond motifs is 7. The van der Waals surface area contributed by atoms with Crippen molar-refractivity contribution < 1.29 is 0 Å². The zero-order chi connectivity index (χ0) is 26.2. The molecule has 0 fully saturated rings. The van der Waals surface area contributed by atoms with Gasteiger partial charge in [-0.2, -0.15) is 0 Å². The van der Waals surface area contributed by atoms with Crippen molar-refractivity contribution in [3.05, 3.63) is 170 Å². The van der Waals surface area contributed by atoms with E-state index in [-0.39, 0.29) is 10.8 Å². The number of allylic oxidation sites excluding steroid dienone is 5. The highest BCUT2D eigenvalue weighted by atomic mass is 14.7. The van der Waals surface area contributed by atoms with Crippen LogP contribution in [0.15, 0.2) is 125 Å². The first kappa shape index (κ1) is 21.9. The van der Waals surface area contributed by atoms with Crippen molar-refractivity contribution in [3.8, 4) is 0 Å². The van der Waals surface area contributed by atoms with Crippen LogP contribution in [0.3, 0.4) is 0 Å². The third-order valence-corrected chi connectivity index (χ3v) is 12.0. The predicted molar refractivity (Wildman–Crippen MR) is 162 cm³/mol. The summed E-state index contributed by atoms with van der Waals surface area (Å²) in [5.74, 6) is 1.36. The van der Waals surface area contributed by atoms with E-state index >= 15 is 0 Å². The third kappa shape index (κ3) is 2.35. The average Bonchev–Trinajstić information content (AvgIpc) is 3.74. The van der Waals surface area contributed by atoms with Gasteiger partial charge in [0.15, 0.2) is 0 Å². The predicted octanol–water partition coefficient (Wildman–Crippen LogP) is 8.89.